The van der Waals surface area contributed by atoms with Crippen LogP contribution in [0.2, 0.25) is 0 Å². The Kier molecular flexibility index (Phi) is 6.18. The van der Waals surface area contributed by atoms with Crippen LogP contribution in [0.15, 0.2) is 24.3 Å². The van der Waals surface area contributed by atoms with Gasteiger partial charge in [-0.15, -0.1) is 0 Å². The van der Waals surface area contributed by atoms with Gasteiger partial charge in [0.25, 0.3) is 0 Å². The highest BCUT2D eigenvalue weighted by Gasteiger charge is 2.12. The second-order valence-corrected chi connectivity index (χ2v) is 5.34. The van der Waals surface area contributed by atoms with E-state index in [0.717, 1.165) is 0 Å². The molecule has 0 spiro atoms. The third kappa shape index (κ3) is 5.84. The summed E-state index contributed by atoms with van der Waals surface area (Å²) in [4.78, 5) is 25.3. The lowest BCUT2D eigenvalue weighted by atomic mass is 10.1. The summed E-state index contributed by atoms with van der Waals surface area (Å²) in [6.07, 6.45) is 0. The number of Topliss-reactive ketones (excluding diaryl/α,β-unsaturated/α-hetero) is 1. The number of phenolic OH excluding ortho intramolecular Hbond substituents is 1. The highest BCUT2D eigenvalue weighted by atomic mass is 16.3. The summed E-state index contributed by atoms with van der Waals surface area (Å²) in [6, 6.07) is 6.10. The van der Waals surface area contributed by atoms with Crippen molar-refractivity contribution in [2.75, 3.05) is 26.7 Å². The van der Waals surface area contributed by atoms with E-state index in [0.29, 0.717) is 18.0 Å². The van der Waals surface area contributed by atoms with Crippen molar-refractivity contribution in [1.82, 2.24) is 10.2 Å². The molecule has 110 valence electrons. The van der Waals surface area contributed by atoms with Crippen LogP contribution in [0, 0.1) is 5.92 Å². The molecule has 1 rings (SSSR count). The van der Waals surface area contributed by atoms with Gasteiger partial charge in [0.1, 0.15) is 5.75 Å². The van der Waals surface area contributed by atoms with Gasteiger partial charge in [-0.25, -0.2) is 0 Å². The minimum absolute atomic E-state index is 0.0795. The van der Waals surface area contributed by atoms with E-state index < -0.39 is 0 Å². The van der Waals surface area contributed by atoms with Crippen molar-refractivity contribution in [2.24, 2.45) is 5.92 Å². The molecule has 0 heterocycles. The van der Waals surface area contributed by atoms with Gasteiger partial charge in [0, 0.05) is 12.1 Å². The number of rotatable bonds is 7. The zero-order valence-electron chi connectivity index (χ0n) is 12.2. The molecule has 20 heavy (non-hydrogen) atoms. The first-order valence-electron chi connectivity index (χ1n) is 6.66. The average Bonchev–Trinajstić information content (AvgIpc) is 2.36. The summed E-state index contributed by atoms with van der Waals surface area (Å²) in [5, 5.41) is 12.0. The van der Waals surface area contributed by atoms with Gasteiger partial charge in [0.05, 0.1) is 13.1 Å². The molecular formula is C15H22N2O3. The molecule has 0 bridgehead atoms. The summed E-state index contributed by atoms with van der Waals surface area (Å²) in [6.45, 7) is 5.05. The molecule has 5 nitrogen and oxygen atoms in total. The van der Waals surface area contributed by atoms with Gasteiger partial charge in [0.15, 0.2) is 5.78 Å². The molecule has 0 fully saturated rings. The number of phenols is 1. The van der Waals surface area contributed by atoms with E-state index >= 15 is 0 Å². The van der Waals surface area contributed by atoms with Crippen LogP contribution in [0.1, 0.15) is 24.2 Å². The highest BCUT2D eigenvalue weighted by molar-refractivity contribution is 5.97. The molecule has 1 amide bonds. The van der Waals surface area contributed by atoms with E-state index in [1.165, 1.54) is 12.1 Å². The summed E-state index contributed by atoms with van der Waals surface area (Å²) in [5.41, 5.74) is 0.525. The van der Waals surface area contributed by atoms with Crippen molar-refractivity contribution >= 4 is 11.7 Å². The van der Waals surface area contributed by atoms with Crippen LogP contribution in [0.4, 0.5) is 0 Å². The van der Waals surface area contributed by atoms with Gasteiger partial charge in [-0.3, -0.25) is 14.5 Å². The second-order valence-electron chi connectivity index (χ2n) is 5.34. The number of hydrogen-bond donors (Lipinski definition) is 2. The lowest BCUT2D eigenvalue weighted by Crippen LogP contribution is -2.38. The normalized spacial score (nSPS) is 10.8. The number of nitrogens with zero attached hydrogens (tertiary/aromatic N) is 1. The summed E-state index contributed by atoms with van der Waals surface area (Å²) < 4.78 is 0. The predicted octanol–water partition coefficient (Wildman–Crippen LogP) is 1.28. The van der Waals surface area contributed by atoms with Crippen molar-refractivity contribution in [3.8, 4) is 5.75 Å². The Balaban J connectivity index is 2.41. The van der Waals surface area contributed by atoms with Crippen LogP contribution < -0.4 is 5.32 Å². The van der Waals surface area contributed by atoms with Gasteiger partial charge < -0.3 is 10.4 Å². The number of amides is 1. The third-order valence-electron chi connectivity index (χ3n) is 2.72. The largest absolute Gasteiger partial charge is 0.508 e. The molecule has 1 aromatic rings. The number of likely N-dealkylation sites (N-methyl/N-ethyl adjacent to an activating group) is 1. The molecule has 0 aromatic heterocycles. The van der Waals surface area contributed by atoms with Crippen molar-refractivity contribution in [2.45, 2.75) is 13.8 Å². The third-order valence-corrected chi connectivity index (χ3v) is 2.72. The molecule has 0 aliphatic rings. The molecule has 0 aliphatic carbocycles. The lowest BCUT2D eigenvalue weighted by Gasteiger charge is -2.16. The maximum Gasteiger partial charge on any atom is 0.234 e. The Labute approximate surface area is 119 Å². The summed E-state index contributed by atoms with van der Waals surface area (Å²) in [7, 11) is 1.73. The molecular weight excluding hydrogens is 256 g/mol. The number of carbonyl (C=O) groups is 2. The van der Waals surface area contributed by atoms with Crippen LogP contribution in [-0.2, 0) is 4.79 Å². The Morgan fingerprint density at radius 2 is 1.80 bits per heavy atom. The molecule has 1 aromatic carbocycles. The number of hydrogen-bond acceptors (Lipinski definition) is 4. The fraction of sp³-hybridized carbons (Fsp3) is 0.467. The first-order valence-corrected chi connectivity index (χ1v) is 6.66. The highest BCUT2D eigenvalue weighted by Crippen LogP contribution is 2.10. The van der Waals surface area contributed by atoms with Gasteiger partial charge >= 0.3 is 0 Å². The Bertz CT molecular complexity index is 455. The molecule has 0 radical (unpaired) electrons. The predicted molar refractivity (Wildman–Crippen MR) is 77.8 cm³/mol. The van der Waals surface area contributed by atoms with Crippen molar-refractivity contribution in [3.05, 3.63) is 29.8 Å². The van der Waals surface area contributed by atoms with E-state index in [1.807, 2.05) is 13.8 Å². The van der Waals surface area contributed by atoms with Gasteiger partial charge in [-0.1, -0.05) is 13.8 Å². The van der Waals surface area contributed by atoms with Crippen LogP contribution in [0.5, 0.6) is 5.75 Å². The molecule has 0 saturated heterocycles. The van der Waals surface area contributed by atoms with E-state index in [1.54, 1.807) is 24.1 Å². The average molecular weight is 278 g/mol. The zero-order valence-corrected chi connectivity index (χ0v) is 12.2. The fourth-order valence-electron chi connectivity index (χ4n) is 1.66. The van der Waals surface area contributed by atoms with Crippen LogP contribution in [0.25, 0.3) is 0 Å². The van der Waals surface area contributed by atoms with Crippen molar-refractivity contribution in [1.29, 1.82) is 0 Å². The fourth-order valence-corrected chi connectivity index (χ4v) is 1.66. The molecule has 2 N–H and O–H groups in total. The summed E-state index contributed by atoms with van der Waals surface area (Å²) in [5.74, 6) is 0.370. The van der Waals surface area contributed by atoms with Gasteiger partial charge in [-0.05, 0) is 37.2 Å². The standard InChI is InChI=1S/C15H22N2O3/c1-11(2)8-16-15(20)10-17(3)9-14(19)12-4-6-13(18)7-5-12/h4-7,11,18H,8-10H2,1-3H3,(H,16,20). The van der Waals surface area contributed by atoms with E-state index in [9.17, 15) is 9.59 Å². The SMILES string of the molecule is CC(C)CNC(=O)CN(C)CC(=O)c1ccc(O)cc1. The van der Waals surface area contributed by atoms with E-state index in [-0.39, 0.29) is 30.5 Å². The molecule has 0 atom stereocenters. The number of carbonyl (C=O) groups excluding carboxylic acids is 2. The Hall–Kier alpha value is -1.88. The smallest absolute Gasteiger partial charge is 0.234 e. The molecule has 0 aliphatic heterocycles. The minimum atomic E-state index is -0.0836. The summed E-state index contributed by atoms with van der Waals surface area (Å²) >= 11 is 0. The first kappa shape index (κ1) is 16.2. The van der Waals surface area contributed by atoms with Crippen LogP contribution in [0.3, 0.4) is 0 Å². The molecule has 0 saturated carbocycles. The van der Waals surface area contributed by atoms with Crippen molar-refractivity contribution in [3.63, 3.8) is 0 Å². The molecule has 0 unspecified atom stereocenters. The van der Waals surface area contributed by atoms with Crippen molar-refractivity contribution < 1.29 is 14.7 Å². The number of benzene rings is 1. The monoisotopic (exact) mass is 278 g/mol. The topological polar surface area (TPSA) is 69.6 Å². The van der Waals surface area contributed by atoms with Gasteiger partial charge in [0.2, 0.25) is 5.91 Å². The number of aromatic hydroxyl groups is 1. The van der Waals surface area contributed by atoms with Gasteiger partial charge in [-0.2, -0.15) is 0 Å². The maximum absolute atomic E-state index is 12.0. The Morgan fingerprint density at radius 3 is 2.35 bits per heavy atom. The number of nitrogens with one attached hydrogen (secondary N) is 1. The lowest BCUT2D eigenvalue weighted by molar-refractivity contribution is -0.121. The van der Waals surface area contributed by atoms with Crippen LogP contribution in [-0.4, -0.2) is 48.4 Å². The van der Waals surface area contributed by atoms with Crippen LogP contribution >= 0.6 is 0 Å². The number of ketones is 1. The second kappa shape index (κ2) is 7.65. The Morgan fingerprint density at radius 1 is 1.20 bits per heavy atom. The maximum atomic E-state index is 12.0. The van der Waals surface area contributed by atoms with E-state index in [4.69, 9.17) is 5.11 Å². The van der Waals surface area contributed by atoms with E-state index in [2.05, 4.69) is 5.32 Å². The minimum Gasteiger partial charge on any atom is -0.508 e. The molecule has 5 heteroatoms. The zero-order chi connectivity index (χ0) is 15.1. The quantitative estimate of drug-likeness (QED) is 0.737. The first-order chi connectivity index (χ1) is 9.38.